The number of carbonyl (C=O) groups is 1. The quantitative estimate of drug-likeness (QED) is 0.754. The molecule has 0 saturated heterocycles. The van der Waals surface area contributed by atoms with Crippen LogP contribution in [0.25, 0.3) is 0 Å². The fourth-order valence-corrected chi connectivity index (χ4v) is 3.65. The van der Waals surface area contributed by atoms with E-state index in [9.17, 15) is 9.90 Å². The Kier molecular flexibility index (Phi) is 5.99. The van der Waals surface area contributed by atoms with Crippen molar-refractivity contribution in [2.24, 2.45) is 11.8 Å². The van der Waals surface area contributed by atoms with Crippen molar-refractivity contribution in [2.45, 2.75) is 52.2 Å². The molecule has 118 valence electrons. The minimum atomic E-state index is -0.184. The molecule has 2 amide bonds. The SMILES string of the molecule is CC(C)Cc1ncc(CNC(=O)NC[C@H]2CC[C@@H](O)C2)s1. The lowest BCUT2D eigenvalue weighted by atomic mass is 10.1. The van der Waals surface area contributed by atoms with Crippen LogP contribution in [0.15, 0.2) is 6.20 Å². The van der Waals surface area contributed by atoms with Gasteiger partial charge in [-0.1, -0.05) is 13.8 Å². The van der Waals surface area contributed by atoms with Crippen molar-refractivity contribution in [3.05, 3.63) is 16.1 Å². The Bertz CT molecular complexity index is 462. The minimum Gasteiger partial charge on any atom is -0.393 e. The molecule has 0 spiro atoms. The van der Waals surface area contributed by atoms with Gasteiger partial charge in [-0.2, -0.15) is 0 Å². The van der Waals surface area contributed by atoms with Crippen LogP contribution in [0.1, 0.15) is 43.0 Å². The van der Waals surface area contributed by atoms with Gasteiger partial charge >= 0.3 is 6.03 Å². The zero-order valence-corrected chi connectivity index (χ0v) is 13.6. The van der Waals surface area contributed by atoms with Crippen molar-refractivity contribution in [1.29, 1.82) is 0 Å². The summed E-state index contributed by atoms with van der Waals surface area (Å²) < 4.78 is 0. The van der Waals surface area contributed by atoms with E-state index < -0.39 is 0 Å². The van der Waals surface area contributed by atoms with Crippen LogP contribution in [0.4, 0.5) is 4.79 Å². The van der Waals surface area contributed by atoms with Gasteiger partial charge in [-0.3, -0.25) is 0 Å². The van der Waals surface area contributed by atoms with Crippen molar-refractivity contribution in [3.63, 3.8) is 0 Å². The number of carbonyl (C=O) groups excluding carboxylic acids is 1. The molecular weight excluding hydrogens is 286 g/mol. The van der Waals surface area contributed by atoms with Gasteiger partial charge in [0.1, 0.15) is 0 Å². The van der Waals surface area contributed by atoms with Gasteiger partial charge < -0.3 is 15.7 Å². The monoisotopic (exact) mass is 311 g/mol. The van der Waals surface area contributed by atoms with Crippen LogP contribution in [0, 0.1) is 11.8 Å². The Labute approximate surface area is 130 Å². The average molecular weight is 311 g/mol. The van der Waals surface area contributed by atoms with Crippen molar-refractivity contribution in [3.8, 4) is 0 Å². The van der Waals surface area contributed by atoms with Crippen molar-refractivity contribution in [2.75, 3.05) is 6.54 Å². The number of aliphatic hydroxyl groups excluding tert-OH is 1. The summed E-state index contributed by atoms with van der Waals surface area (Å²) in [5.41, 5.74) is 0. The number of aliphatic hydroxyl groups is 1. The van der Waals surface area contributed by atoms with Gasteiger partial charge in [-0.15, -0.1) is 11.3 Å². The predicted octanol–water partition coefficient (Wildman–Crippen LogP) is 2.30. The third-order valence-corrected chi connectivity index (χ3v) is 4.69. The van der Waals surface area contributed by atoms with E-state index in [2.05, 4.69) is 29.5 Å². The first-order valence-corrected chi connectivity index (χ1v) is 8.48. The molecule has 2 atom stereocenters. The number of amides is 2. The fraction of sp³-hybridized carbons (Fsp3) is 0.733. The van der Waals surface area contributed by atoms with Crippen molar-refractivity contribution < 1.29 is 9.90 Å². The molecule has 1 aromatic rings. The maximum atomic E-state index is 11.7. The molecule has 1 heterocycles. The first-order chi connectivity index (χ1) is 10.0. The third-order valence-electron chi connectivity index (χ3n) is 3.67. The number of rotatable bonds is 6. The summed E-state index contributed by atoms with van der Waals surface area (Å²) in [6, 6.07) is -0.143. The number of aromatic nitrogens is 1. The van der Waals surface area contributed by atoms with Crippen LogP contribution < -0.4 is 10.6 Å². The van der Waals surface area contributed by atoms with Crippen molar-refractivity contribution in [1.82, 2.24) is 15.6 Å². The van der Waals surface area contributed by atoms with E-state index in [4.69, 9.17) is 0 Å². The van der Waals surface area contributed by atoms with Crippen LogP contribution in [-0.4, -0.2) is 28.8 Å². The van der Waals surface area contributed by atoms with Crippen LogP contribution in [0.3, 0.4) is 0 Å². The second-order valence-corrected chi connectivity index (χ2v) is 7.41. The Balaban J connectivity index is 1.65. The molecule has 1 aliphatic rings. The summed E-state index contributed by atoms with van der Waals surface area (Å²) in [5, 5.41) is 16.3. The third kappa shape index (κ3) is 5.63. The lowest BCUT2D eigenvalue weighted by Crippen LogP contribution is -2.37. The molecule has 1 fully saturated rings. The van der Waals surface area contributed by atoms with Gasteiger partial charge in [0.05, 0.1) is 17.7 Å². The molecule has 0 aromatic carbocycles. The standard InChI is InChI=1S/C15H25N3O2S/c1-10(2)5-14-16-8-13(21-14)9-18-15(20)17-7-11-3-4-12(19)6-11/h8,10-12,19H,3-7,9H2,1-2H3,(H2,17,18,20)/t11-,12+/m0/s1. The second-order valence-electron chi connectivity index (χ2n) is 6.21. The highest BCUT2D eigenvalue weighted by Crippen LogP contribution is 2.24. The molecular formula is C15H25N3O2S. The van der Waals surface area contributed by atoms with Crippen LogP contribution in [0.5, 0.6) is 0 Å². The van der Waals surface area contributed by atoms with Gasteiger partial charge in [0, 0.05) is 24.0 Å². The van der Waals surface area contributed by atoms with Crippen LogP contribution in [-0.2, 0) is 13.0 Å². The molecule has 2 rings (SSSR count). The zero-order valence-electron chi connectivity index (χ0n) is 12.8. The predicted molar refractivity (Wildman–Crippen MR) is 84.2 cm³/mol. The van der Waals surface area contributed by atoms with E-state index in [0.717, 1.165) is 35.6 Å². The largest absolute Gasteiger partial charge is 0.393 e. The van der Waals surface area contributed by atoms with E-state index in [0.29, 0.717) is 24.9 Å². The molecule has 3 N–H and O–H groups in total. The molecule has 0 radical (unpaired) electrons. The molecule has 0 bridgehead atoms. The van der Waals surface area contributed by atoms with E-state index in [1.807, 2.05) is 6.20 Å². The number of nitrogens with one attached hydrogen (secondary N) is 2. The van der Waals surface area contributed by atoms with E-state index in [-0.39, 0.29) is 12.1 Å². The van der Waals surface area contributed by atoms with Gasteiger partial charge in [0.2, 0.25) is 0 Å². The first-order valence-electron chi connectivity index (χ1n) is 7.66. The van der Waals surface area contributed by atoms with Gasteiger partial charge in [-0.05, 0) is 31.1 Å². The Morgan fingerprint density at radius 3 is 2.95 bits per heavy atom. The summed E-state index contributed by atoms with van der Waals surface area (Å²) >= 11 is 1.66. The molecule has 0 unspecified atom stereocenters. The summed E-state index contributed by atoms with van der Waals surface area (Å²) in [4.78, 5) is 17.2. The van der Waals surface area contributed by atoms with E-state index in [1.165, 1.54) is 0 Å². The smallest absolute Gasteiger partial charge is 0.315 e. The van der Waals surface area contributed by atoms with Gasteiger partial charge in [0.15, 0.2) is 0 Å². The molecule has 1 saturated carbocycles. The number of nitrogens with zero attached hydrogens (tertiary/aromatic N) is 1. The Morgan fingerprint density at radius 1 is 1.48 bits per heavy atom. The van der Waals surface area contributed by atoms with E-state index >= 15 is 0 Å². The molecule has 1 aromatic heterocycles. The molecule has 6 heteroatoms. The fourth-order valence-electron chi connectivity index (χ4n) is 2.57. The lowest BCUT2D eigenvalue weighted by molar-refractivity contribution is 0.177. The van der Waals surface area contributed by atoms with E-state index in [1.54, 1.807) is 11.3 Å². The summed E-state index contributed by atoms with van der Waals surface area (Å²) in [7, 11) is 0. The topological polar surface area (TPSA) is 74.2 Å². The molecule has 1 aliphatic carbocycles. The molecule has 0 aliphatic heterocycles. The zero-order chi connectivity index (χ0) is 15.2. The second kappa shape index (κ2) is 7.75. The molecule has 5 nitrogen and oxygen atoms in total. The first kappa shape index (κ1) is 16.2. The summed E-state index contributed by atoms with van der Waals surface area (Å²) in [6.45, 7) is 5.51. The van der Waals surface area contributed by atoms with Crippen LogP contribution >= 0.6 is 11.3 Å². The minimum absolute atomic E-state index is 0.143. The van der Waals surface area contributed by atoms with Gasteiger partial charge in [0.25, 0.3) is 0 Å². The number of thiazole rings is 1. The maximum absolute atomic E-state index is 11.7. The lowest BCUT2D eigenvalue weighted by Gasteiger charge is -2.11. The Hall–Kier alpha value is -1.14. The number of hydrogen-bond acceptors (Lipinski definition) is 4. The highest BCUT2D eigenvalue weighted by atomic mass is 32.1. The summed E-state index contributed by atoms with van der Waals surface area (Å²) in [6.07, 6.45) is 5.30. The van der Waals surface area contributed by atoms with Crippen LogP contribution in [0.2, 0.25) is 0 Å². The Morgan fingerprint density at radius 2 is 2.29 bits per heavy atom. The average Bonchev–Trinajstić information content (AvgIpc) is 3.02. The number of urea groups is 1. The maximum Gasteiger partial charge on any atom is 0.315 e. The highest BCUT2D eigenvalue weighted by molar-refractivity contribution is 7.11. The normalized spacial score (nSPS) is 21.7. The summed E-state index contributed by atoms with van der Waals surface area (Å²) in [5.74, 6) is 1.01. The van der Waals surface area contributed by atoms with Crippen molar-refractivity contribution >= 4 is 17.4 Å². The number of hydrogen-bond donors (Lipinski definition) is 3. The molecule has 21 heavy (non-hydrogen) atoms. The van der Waals surface area contributed by atoms with Gasteiger partial charge in [-0.25, -0.2) is 9.78 Å². The highest BCUT2D eigenvalue weighted by Gasteiger charge is 2.22.